The molecule has 4 heteroatoms. The minimum atomic E-state index is -0.0362. The molecule has 0 radical (unpaired) electrons. The molecule has 1 aliphatic heterocycles. The van der Waals surface area contributed by atoms with Crippen molar-refractivity contribution in [3.63, 3.8) is 0 Å². The smallest absolute Gasteiger partial charge is 0.226 e. The fourth-order valence-electron chi connectivity index (χ4n) is 6.82. The first-order valence-electron chi connectivity index (χ1n) is 8.42. The summed E-state index contributed by atoms with van der Waals surface area (Å²) in [5.41, 5.74) is 0.824. The highest BCUT2D eigenvalue weighted by molar-refractivity contribution is 5.85. The minimum Gasteiger partial charge on any atom is -0.352 e. The summed E-state index contributed by atoms with van der Waals surface area (Å²) in [7, 11) is 0. The predicted molar refractivity (Wildman–Crippen MR) is 86.5 cm³/mol. The fraction of sp³-hybridized carbons (Fsp3) is 0.941. The monoisotopic (exact) mass is 312 g/mol. The highest BCUT2D eigenvalue weighted by atomic mass is 35.5. The van der Waals surface area contributed by atoms with Crippen LogP contribution in [0, 0.1) is 22.2 Å². The van der Waals surface area contributed by atoms with E-state index < -0.39 is 0 Å². The van der Waals surface area contributed by atoms with Crippen LogP contribution in [-0.2, 0) is 4.79 Å². The molecule has 1 heterocycles. The van der Waals surface area contributed by atoms with Gasteiger partial charge in [0.2, 0.25) is 5.91 Å². The Balaban J connectivity index is 0.00000132. The van der Waals surface area contributed by atoms with Crippen molar-refractivity contribution in [1.29, 1.82) is 0 Å². The van der Waals surface area contributed by atoms with E-state index in [1.165, 1.54) is 19.3 Å². The molecule has 4 bridgehead atoms. The van der Waals surface area contributed by atoms with Crippen molar-refractivity contribution in [2.75, 3.05) is 13.1 Å². The zero-order valence-electron chi connectivity index (χ0n) is 13.3. The second-order valence-corrected chi connectivity index (χ2v) is 9.07. The molecule has 4 saturated carbocycles. The Morgan fingerprint density at radius 3 is 2.29 bits per heavy atom. The maximum absolute atomic E-state index is 13.0. The van der Waals surface area contributed by atoms with Gasteiger partial charge in [0.15, 0.2) is 0 Å². The summed E-state index contributed by atoms with van der Waals surface area (Å²) < 4.78 is 0. The highest BCUT2D eigenvalue weighted by Gasteiger charge is 2.62. The highest BCUT2D eigenvalue weighted by Crippen LogP contribution is 2.69. The molecule has 3 unspecified atom stereocenters. The van der Waals surface area contributed by atoms with Crippen LogP contribution in [0.25, 0.3) is 0 Å². The number of hydrogen-bond acceptors (Lipinski definition) is 2. The van der Waals surface area contributed by atoms with Crippen LogP contribution >= 0.6 is 12.4 Å². The molecule has 1 amide bonds. The van der Waals surface area contributed by atoms with Crippen LogP contribution in [0.4, 0.5) is 0 Å². The van der Waals surface area contributed by atoms with E-state index in [1.807, 2.05) is 0 Å². The number of halogens is 1. The molecule has 1 saturated heterocycles. The van der Waals surface area contributed by atoms with Crippen LogP contribution in [-0.4, -0.2) is 25.0 Å². The van der Waals surface area contributed by atoms with Gasteiger partial charge < -0.3 is 10.6 Å². The van der Waals surface area contributed by atoms with E-state index in [1.54, 1.807) is 0 Å². The van der Waals surface area contributed by atoms with E-state index in [4.69, 9.17) is 0 Å². The Bertz CT molecular complexity index is 428. The van der Waals surface area contributed by atoms with Crippen LogP contribution in [0.5, 0.6) is 0 Å². The number of carbonyl (C=O) groups excluding carboxylic acids is 1. The summed E-state index contributed by atoms with van der Waals surface area (Å²) in [6.45, 7) is 6.89. The van der Waals surface area contributed by atoms with Crippen LogP contribution in [0.2, 0.25) is 0 Å². The summed E-state index contributed by atoms with van der Waals surface area (Å²) >= 11 is 0. The van der Waals surface area contributed by atoms with Gasteiger partial charge in [0.1, 0.15) is 0 Å². The second-order valence-electron chi connectivity index (χ2n) is 9.07. The van der Waals surface area contributed by atoms with E-state index in [0.29, 0.717) is 22.8 Å². The van der Waals surface area contributed by atoms with Gasteiger partial charge >= 0.3 is 0 Å². The van der Waals surface area contributed by atoms with E-state index in [-0.39, 0.29) is 17.8 Å². The van der Waals surface area contributed by atoms with Gasteiger partial charge in [0.05, 0.1) is 5.41 Å². The van der Waals surface area contributed by atoms with Gasteiger partial charge in [-0.15, -0.1) is 12.4 Å². The van der Waals surface area contributed by atoms with Gasteiger partial charge in [-0.25, -0.2) is 0 Å². The van der Waals surface area contributed by atoms with E-state index in [9.17, 15) is 4.79 Å². The van der Waals surface area contributed by atoms with Gasteiger partial charge in [-0.3, -0.25) is 4.79 Å². The zero-order valence-corrected chi connectivity index (χ0v) is 14.2. The summed E-state index contributed by atoms with van der Waals surface area (Å²) in [5, 5.41) is 6.72. The standard InChI is InChI=1S/C17H28N2O.ClH/c1-15-5-12-6-16(2,9-15)11-17(7-12,10-15)14(20)19-13-3-4-18-8-13;/h12-13,18H,3-11H2,1-2H3,(H,19,20);1H. The predicted octanol–water partition coefficient (Wildman–Crippen LogP) is 2.88. The molecule has 0 aromatic carbocycles. The quantitative estimate of drug-likeness (QED) is 0.823. The van der Waals surface area contributed by atoms with E-state index in [0.717, 1.165) is 44.7 Å². The van der Waals surface area contributed by atoms with Crippen LogP contribution < -0.4 is 10.6 Å². The maximum Gasteiger partial charge on any atom is 0.226 e. The lowest BCUT2D eigenvalue weighted by molar-refractivity contribution is -0.170. The van der Waals surface area contributed by atoms with Crippen molar-refractivity contribution in [2.24, 2.45) is 22.2 Å². The average molecular weight is 313 g/mol. The molecule has 0 aromatic rings. The Morgan fingerprint density at radius 1 is 1.10 bits per heavy atom. The Hall–Kier alpha value is -0.280. The fourth-order valence-corrected chi connectivity index (χ4v) is 6.82. The van der Waals surface area contributed by atoms with Crippen LogP contribution in [0.3, 0.4) is 0 Å². The van der Waals surface area contributed by atoms with E-state index in [2.05, 4.69) is 24.5 Å². The van der Waals surface area contributed by atoms with Crippen LogP contribution in [0.15, 0.2) is 0 Å². The topological polar surface area (TPSA) is 41.1 Å². The normalized spacial score (nSPS) is 50.8. The van der Waals surface area contributed by atoms with E-state index >= 15 is 0 Å². The first-order valence-corrected chi connectivity index (χ1v) is 8.42. The van der Waals surface area contributed by atoms with Crippen molar-refractivity contribution in [2.45, 2.75) is 64.8 Å². The lowest BCUT2D eigenvalue weighted by Gasteiger charge is -2.64. The summed E-state index contributed by atoms with van der Waals surface area (Å²) in [6, 6.07) is 0.371. The van der Waals surface area contributed by atoms with Crippen molar-refractivity contribution in [1.82, 2.24) is 10.6 Å². The average Bonchev–Trinajstić information content (AvgIpc) is 2.76. The molecule has 0 spiro atoms. The third-order valence-electron chi connectivity index (χ3n) is 6.50. The lowest BCUT2D eigenvalue weighted by Crippen LogP contribution is -2.60. The Labute approximate surface area is 134 Å². The molecule has 3 atom stereocenters. The second kappa shape index (κ2) is 4.86. The molecule has 5 fully saturated rings. The number of carbonyl (C=O) groups is 1. The third kappa shape index (κ3) is 2.50. The number of rotatable bonds is 2. The lowest BCUT2D eigenvalue weighted by atomic mass is 9.40. The molecule has 0 aromatic heterocycles. The number of amides is 1. The van der Waals surface area contributed by atoms with Gasteiger partial charge in [-0.1, -0.05) is 13.8 Å². The zero-order chi connectivity index (χ0) is 14.0. The Kier molecular flexibility index (Phi) is 3.61. The molecule has 5 rings (SSSR count). The number of hydrogen-bond donors (Lipinski definition) is 2. The first-order chi connectivity index (χ1) is 9.41. The molecule has 21 heavy (non-hydrogen) atoms. The SMILES string of the molecule is CC12CC3CC(C)(C1)CC(C(=O)NC1CCNC1)(C3)C2.Cl. The minimum absolute atomic E-state index is 0. The van der Waals surface area contributed by atoms with Crippen molar-refractivity contribution < 1.29 is 4.79 Å². The van der Waals surface area contributed by atoms with Crippen molar-refractivity contribution in [3.05, 3.63) is 0 Å². The van der Waals surface area contributed by atoms with Crippen LogP contribution in [0.1, 0.15) is 58.8 Å². The number of nitrogens with one attached hydrogen (secondary N) is 2. The first kappa shape index (κ1) is 15.6. The summed E-state index contributed by atoms with van der Waals surface area (Å²) in [4.78, 5) is 13.0. The molecule has 4 aliphatic carbocycles. The maximum atomic E-state index is 13.0. The molecule has 3 nitrogen and oxygen atoms in total. The van der Waals surface area contributed by atoms with Gasteiger partial charge in [-0.05, 0) is 68.2 Å². The molecule has 120 valence electrons. The largest absolute Gasteiger partial charge is 0.352 e. The molecule has 2 N–H and O–H groups in total. The third-order valence-corrected chi connectivity index (χ3v) is 6.50. The molecular weight excluding hydrogens is 284 g/mol. The van der Waals surface area contributed by atoms with Gasteiger partial charge in [-0.2, -0.15) is 0 Å². The van der Waals surface area contributed by atoms with Crippen molar-refractivity contribution >= 4 is 18.3 Å². The van der Waals surface area contributed by atoms with Crippen molar-refractivity contribution in [3.8, 4) is 0 Å². The van der Waals surface area contributed by atoms with Gasteiger partial charge in [0.25, 0.3) is 0 Å². The Morgan fingerprint density at radius 2 is 1.76 bits per heavy atom. The molecular formula is C17H29ClN2O. The van der Waals surface area contributed by atoms with Gasteiger partial charge in [0, 0.05) is 12.6 Å². The summed E-state index contributed by atoms with van der Waals surface area (Å²) in [5.74, 6) is 1.18. The molecule has 5 aliphatic rings. The summed E-state index contributed by atoms with van der Waals surface area (Å²) in [6.07, 6.45) is 8.60.